The molecule has 0 spiro atoms. The molecule has 2 aliphatic rings. The molecule has 0 amide bonds. The van der Waals surface area contributed by atoms with Gasteiger partial charge in [-0.1, -0.05) is 105 Å². The lowest BCUT2D eigenvalue weighted by molar-refractivity contribution is 0.661. The third-order valence-electron chi connectivity index (χ3n) is 14.3. The molecule has 63 heavy (non-hydrogen) atoms. The summed E-state index contributed by atoms with van der Waals surface area (Å²) in [6, 6.07) is 59.8. The highest BCUT2D eigenvalue weighted by atomic mass is 14.4. The fourth-order valence-corrected chi connectivity index (χ4v) is 11.6. The molecule has 0 radical (unpaired) electrons. The molecule has 2 aliphatic carbocycles. The number of fused-ring (bicyclic) bond motifs is 11. The number of rotatable bonds is 2. The second-order valence-electron chi connectivity index (χ2n) is 17.5. The minimum Gasteiger partial charge on any atom is -0.192 e. The molecule has 11 aromatic rings. The maximum absolute atomic E-state index is 10.6. The summed E-state index contributed by atoms with van der Waals surface area (Å²) in [6.07, 6.45) is 0. The van der Waals surface area contributed by atoms with Gasteiger partial charge in [-0.15, -0.1) is 0 Å². The smallest absolute Gasteiger partial charge is 0.0998 e. The Balaban J connectivity index is 1.19. The number of nitriles is 4. The van der Waals surface area contributed by atoms with Gasteiger partial charge >= 0.3 is 0 Å². The second kappa shape index (κ2) is 12.2. The minimum atomic E-state index is -0.159. The van der Waals surface area contributed by atoms with Crippen LogP contribution in [0.25, 0.3) is 120 Å². The van der Waals surface area contributed by atoms with Crippen LogP contribution < -0.4 is 0 Å². The number of benzene rings is 11. The van der Waals surface area contributed by atoms with Crippen molar-refractivity contribution in [1.82, 2.24) is 0 Å². The van der Waals surface area contributed by atoms with Crippen molar-refractivity contribution in [1.29, 1.82) is 21.0 Å². The van der Waals surface area contributed by atoms with Crippen LogP contribution in [0.4, 0.5) is 0 Å². The molecule has 4 heteroatoms. The van der Waals surface area contributed by atoms with Crippen molar-refractivity contribution >= 4 is 64.6 Å². The molecule has 0 saturated carbocycles. The van der Waals surface area contributed by atoms with E-state index in [0.717, 1.165) is 54.9 Å². The largest absolute Gasteiger partial charge is 0.192 e. The molecule has 11 aromatic carbocycles. The van der Waals surface area contributed by atoms with Crippen LogP contribution in [0, 0.1) is 45.3 Å². The molecular formula is C59H30N4. The summed E-state index contributed by atoms with van der Waals surface area (Å²) in [5, 5.41) is 54.9. The van der Waals surface area contributed by atoms with Crippen molar-refractivity contribution in [2.45, 2.75) is 19.3 Å². The summed E-state index contributed by atoms with van der Waals surface area (Å²) in [5.74, 6) is 0. The van der Waals surface area contributed by atoms with Crippen LogP contribution in [0.15, 0.2) is 146 Å². The minimum absolute atomic E-state index is 0.159. The normalized spacial score (nSPS) is 13.0. The lowest BCUT2D eigenvalue weighted by Gasteiger charge is -2.23. The van der Waals surface area contributed by atoms with Gasteiger partial charge in [-0.3, -0.25) is 0 Å². The Morgan fingerprint density at radius 2 is 0.841 bits per heavy atom. The topological polar surface area (TPSA) is 95.2 Å². The molecule has 13 rings (SSSR count). The Morgan fingerprint density at radius 3 is 1.43 bits per heavy atom. The first-order valence-corrected chi connectivity index (χ1v) is 21.1. The molecule has 0 fully saturated rings. The summed E-state index contributed by atoms with van der Waals surface area (Å²) in [4.78, 5) is 0. The van der Waals surface area contributed by atoms with Crippen LogP contribution >= 0.6 is 0 Å². The van der Waals surface area contributed by atoms with Gasteiger partial charge in [0.2, 0.25) is 0 Å². The van der Waals surface area contributed by atoms with E-state index in [-0.39, 0.29) is 5.41 Å². The fourth-order valence-electron chi connectivity index (χ4n) is 11.6. The van der Waals surface area contributed by atoms with E-state index < -0.39 is 0 Å². The van der Waals surface area contributed by atoms with E-state index in [1.807, 2.05) is 24.3 Å². The van der Waals surface area contributed by atoms with Gasteiger partial charge in [-0.05, 0) is 175 Å². The Labute approximate surface area is 362 Å². The summed E-state index contributed by atoms with van der Waals surface area (Å²) < 4.78 is 0. The Kier molecular flexibility index (Phi) is 6.75. The third-order valence-corrected chi connectivity index (χ3v) is 14.3. The van der Waals surface area contributed by atoms with Gasteiger partial charge in [-0.2, -0.15) is 21.0 Å². The molecule has 0 bridgehead atoms. The highest BCUT2D eigenvalue weighted by Gasteiger charge is 2.37. The Morgan fingerprint density at radius 1 is 0.317 bits per heavy atom. The number of nitrogens with zero attached hydrogens (tertiary/aromatic N) is 4. The van der Waals surface area contributed by atoms with E-state index in [9.17, 15) is 21.0 Å². The summed E-state index contributed by atoms with van der Waals surface area (Å²) in [7, 11) is 0. The highest BCUT2D eigenvalue weighted by Crippen LogP contribution is 2.58. The van der Waals surface area contributed by atoms with Crippen LogP contribution in [0.1, 0.15) is 47.2 Å². The average molecular weight is 795 g/mol. The van der Waals surface area contributed by atoms with Gasteiger partial charge in [0, 0.05) is 16.5 Å². The van der Waals surface area contributed by atoms with Crippen LogP contribution in [0.3, 0.4) is 0 Å². The predicted octanol–water partition coefficient (Wildman–Crippen LogP) is 14.8. The Hall–Kier alpha value is -8.80. The van der Waals surface area contributed by atoms with E-state index in [4.69, 9.17) is 0 Å². The summed E-state index contributed by atoms with van der Waals surface area (Å²) in [5.41, 5.74) is 14.5. The zero-order chi connectivity index (χ0) is 42.5. The molecule has 0 atom stereocenters. The SMILES string of the molecule is CC1(C)c2ccccc2-c2c1cc1c3ccc4c5c(ccc(c6cccc2c61)c53)-c1cc2c(-c3cc(C#N)ccc3C#N)c3ccccc3c(-c3cc(C#N)ccc3C#N)c2cc1-4. The maximum Gasteiger partial charge on any atom is 0.0998 e. The van der Waals surface area contributed by atoms with Crippen LogP contribution in [0.5, 0.6) is 0 Å². The van der Waals surface area contributed by atoms with E-state index >= 15 is 0 Å². The van der Waals surface area contributed by atoms with Crippen molar-refractivity contribution in [3.8, 4) is 79.9 Å². The maximum atomic E-state index is 10.6. The molecule has 0 aliphatic heterocycles. The molecule has 0 unspecified atom stereocenters. The fraction of sp³-hybridized carbons (Fsp3) is 0.0508. The molecule has 0 N–H and O–H groups in total. The molecule has 4 nitrogen and oxygen atoms in total. The van der Waals surface area contributed by atoms with E-state index in [1.165, 1.54) is 65.3 Å². The molecule has 286 valence electrons. The number of hydrogen-bond donors (Lipinski definition) is 0. The van der Waals surface area contributed by atoms with Crippen molar-refractivity contribution in [3.63, 3.8) is 0 Å². The monoisotopic (exact) mass is 794 g/mol. The van der Waals surface area contributed by atoms with E-state index in [0.29, 0.717) is 33.4 Å². The third kappa shape index (κ3) is 4.34. The molecule has 0 heterocycles. The van der Waals surface area contributed by atoms with Crippen LogP contribution in [0.2, 0.25) is 0 Å². The van der Waals surface area contributed by atoms with Gasteiger partial charge in [0.05, 0.1) is 46.5 Å². The van der Waals surface area contributed by atoms with Crippen molar-refractivity contribution in [2.24, 2.45) is 0 Å². The van der Waals surface area contributed by atoms with Gasteiger partial charge in [0.25, 0.3) is 0 Å². The highest BCUT2D eigenvalue weighted by molar-refractivity contribution is 6.39. The average Bonchev–Trinajstić information content (AvgIpc) is 3.77. The first kappa shape index (κ1) is 35.0. The standard InChI is InChI=1S/C59H30N4/c1-59(2)51-13-6-5-10-42(51)56-43-12-7-11-37-38-18-19-39-46-24-48-49(25-47(46)40-20-21-41(57(38)58(39)40)50(53(37)43)26-52(56)59)55(45-23-32(28-61)15-17-34(45)30-63)36-9-4-3-8-35(36)54(48)44-22-31(27-60)14-16-33(44)29-62/h3-26H,1-2H3. The first-order chi connectivity index (χ1) is 30.8. The molecule has 0 aromatic heterocycles. The number of hydrogen-bond acceptors (Lipinski definition) is 4. The second-order valence-corrected chi connectivity index (χ2v) is 17.5. The van der Waals surface area contributed by atoms with Gasteiger partial charge in [0.15, 0.2) is 0 Å². The van der Waals surface area contributed by atoms with E-state index in [1.54, 1.807) is 24.3 Å². The van der Waals surface area contributed by atoms with Crippen molar-refractivity contribution in [3.05, 3.63) is 179 Å². The van der Waals surface area contributed by atoms with Crippen molar-refractivity contribution in [2.75, 3.05) is 0 Å². The predicted molar refractivity (Wildman–Crippen MR) is 254 cm³/mol. The van der Waals surface area contributed by atoms with Crippen LogP contribution in [-0.4, -0.2) is 0 Å². The van der Waals surface area contributed by atoms with Crippen LogP contribution in [-0.2, 0) is 5.41 Å². The van der Waals surface area contributed by atoms with E-state index in [2.05, 4.69) is 135 Å². The lowest BCUT2D eigenvalue weighted by atomic mass is 9.80. The summed E-state index contributed by atoms with van der Waals surface area (Å²) >= 11 is 0. The molecular weight excluding hydrogens is 765 g/mol. The summed E-state index contributed by atoms with van der Waals surface area (Å²) in [6.45, 7) is 4.70. The van der Waals surface area contributed by atoms with Crippen molar-refractivity contribution < 1.29 is 0 Å². The first-order valence-electron chi connectivity index (χ1n) is 21.1. The van der Waals surface area contributed by atoms with Gasteiger partial charge < -0.3 is 0 Å². The quantitative estimate of drug-likeness (QED) is 0.129. The Bertz CT molecular complexity index is 4010. The zero-order valence-electron chi connectivity index (χ0n) is 34.1. The van der Waals surface area contributed by atoms with Gasteiger partial charge in [-0.25, -0.2) is 0 Å². The zero-order valence-corrected chi connectivity index (χ0v) is 34.1. The molecule has 0 saturated heterocycles. The van der Waals surface area contributed by atoms with Gasteiger partial charge in [0.1, 0.15) is 0 Å². The lowest BCUT2D eigenvalue weighted by Crippen LogP contribution is -2.14.